The van der Waals surface area contributed by atoms with E-state index < -0.39 is 0 Å². The Hall–Kier alpha value is -1.18. The van der Waals surface area contributed by atoms with E-state index in [1.807, 2.05) is 6.08 Å². The molecule has 0 N–H and O–H groups in total. The van der Waals surface area contributed by atoms with E-state index in [2.05, 4.69) is 19.1 Å². The van der Waals surface area contributed by atoms with Gasteiger partial charge in [0, 0.05) is 18.8 Å². The summed E-state index contributed by atoms with van der Waals surface area (Å²) in [5.41, 5.74) is 2.29. The van der Waals surface area contributed by atoms with Crippen LogP contribution in [0.5, 0.6) is 0 Å². The minimum absolute atomic E-state index is 0.193. The molecule has 0 aromatic heterocycles. The average Bonchev–Trinajstić information content (AvgIpc) is 2.82. The molecule has 0 aliphatic heterocycles. The van der Waals surface area contributed by atoms with E-state index in [-0.39, 0.29) is 5.41 Å². The van der Waals surface area contributed by atoms with Crippen LogP contribution in [0.4, 0.5) is 0 Å². The largest absolute Gasteiger partial charge is 0.299 e. The lowest BCUT2D eigenvalue weighted by Gasteiger charge is -2.53. The number of rotatable bonds is 0. The number of hydrogen-bond donors (Lipinski definition) is 0. The Labute approximate surface area is 143 Å². The second-order valence-corrected chi connectivity index (χ2v) is 9.81. The van der Waals surface area contributed by atoms with Crippen LogP contribution >= 0.6 is 0 Å². The Morgan fingerprint density at radius 2 is 1.83 bits per heavy atom. The standard InChI is InChI=1S/C22H26O2/c1-20-8-4-14(23)12-13(20)2-3-15-16(20)6-11-22-17(15)5-9-21(22)10-7-18(24)19(21)22/h2-3,12,15-17,19H,4-11H2,1H3/t15?,16?,17?,19?,20?,21-,22?/m0/s1. The van der Waals surface area contributed by atoms with Crippen molar-refractivity contribution in [1.82, 2.24) is 0 Å². The monoisotopic (exact) mass is 322 g/mol. The van der Waals surface area contributed by atoms with Gasteiger partial charge in [-0.25, -0.2) is 0 Å². The molecule has 24 heavy (non-hydrogen) atoms. The zero-order chi connectivity index (χ0) is 16.3. The smallest absolute Gasteiger partial charge is 0.156 e. The molecule has 6 unspecified atom stereocenters. The maximum atomic E-state index is 12.5. The van der Waals surface area contributed by atoms with Crippen LogP contribution in [-0.4, -0.2) is 11.6 Å². The van der Waals surface area contributed by atoms with Gasteiger partial charge >= 0.3 is 0 Å². The zero-order valence-corrected chi connectivity index (χ0v) is 14.5. The number of ketones is 2. The van der Waals surface area contributed by atoms with Crippen molar-refractivity contribution in [2.75, 3.05) is 0 Å². The molecule has 4 fully saturated rings. The highest BCUT2D eigenvalue weighted by atomic mass is 16.1. The average molecular weight is 322 g/mol. The van der Waals surface area contributed by atoms with Crippen LogP contribution < -0.4 is 0 Å². The Bertz CT molecular complexity index is 745. The summed E-state index contributed by atoms with van der Waals surface area (Å²) >= 11 is 0. The van der Waals surface area contributed by atoms with Gasteiger partial charge in [0.1, 0.15) is 5.78 Å². The first kappa shape index (κ1) is 14.0. The van der Waals surface area contributed by atoms with Gasteiger partial charge in [0.25, 0.3) is 0 Å². The molecular formula is C22H26O2. The molecule has 4 saturated carbocycles. The van der Waals surface area contributed by atoms with E-state index in [9.17, 15) is 9.59 Å². The van der Waals surface area contributed by atoms with Gasteiger partial charge in [-0.15, -0.1) is 0 Å². The predicted octanol–water partition coefficient (Wildman–Crippen LogP) is 4.25. The van der Waals surface area contributed by atoms with Crippen LogP contribution in [0.2, 0.25) is 0 Å². The predicted molar refractivity (Wildman–Crippen MR) is 91.1 cm³/mol. The number of carbonyl (C=O) groups excluding carboxylic acids is 2. The second-order valence-electron chi connectivity index (χ2n) is 9.81. The van der Waals surface area contributed by atoms with Gasteiger partial charge in [-0.1, -0.05) is 19.1 Å². The maximum absolute atomic E-state index is 12.5. The lowest BCUT2D eigenvalue weighted by atomic mass is 9.50. The zero-order valence-electron chi connectivity index (χ0n) is 14.5. The Balaban J connectivity index is 1.43. The highest BCUT2D eigenvalue weighted by Gasteiger charge is 2.86. The van der Waals surface area contributed by atoms with Gasteiger partial charge in [-0.3, -0.25) is 9.59 Å². The topological polar surface area (TPSA) is 34.1 Å². The van der Waals surface area contributed by atoms with Crippen molar-refractivity contribution >= 4 is 11.6 Å². The number of hydrogen-bond acceptors (Lipinski definition) is 2. The number of Topliss-reactive ketones (excluding diaryl/α,β-unsaturated/α-hetero) is 1. The Kier molecular flexibility index (Phi) is 2.32. The van der Waals surface area contributed by atoms with Crippen LogP contribution in [0, 0.1) is 39.9 Å². The van der Waals surface area contributed by atoms with Crippen LogP contribution in [0.25, 0.3) is 0 Å². The molecule has 126 valence electrons. The Morgan fingerprint density at radius 3 is 2.67 bits per heavy atom. The normalized spacial score (nSPS) is 56.8. The van der Waals surface area contributed by atoms with E-state index in [1.165, 1.54) is 37.7 Å². The molecule has 0 amide bonds. The molecule has 7 atom stereocenters. The van der Waals surface area contributed by atoms with Gasteiger partial charge in [-0.05, 0) is 84.2 Å². The molecule has 6 aliphatic carbocycles. The number of carbonyl (C=O) groups is 2. The molecule has 6 rings (SSSR count). The SMILES string of the molecule is CC12CCC(=O)C=C1C=CC1C2CCC23C1CC[C@@]21CCC(=O)C31. The van der Waals surface area contributed by atoms with Crippen LogP contribution in [-0.2, 0) is 9.59 Å². The molecule has 2 heteroatoms. The summed E-state index contributed by atoms with van der Waals surface area (Å²) in [5, 5.41) is 0. The first-order valence-electron chi connectivity index (χ1n) is 9.99. The maximum Gasteiger partial charge on any atom is 0.156 e. The Morgan fingerprint density at radius 1 is 1.00 bits per heavy atom. The molecule has 0 aromatic rings. The molecule has 0 aromatic carbocycles. The highest BCUT2D eigenvalue weighted by molar-refractivity contribution is 5.92. The van der Waals surface area contributed by atoms with Crippen molar-refractivity contribution in [2.45, 2.75) is 58.3 Å². The quantitative estimate of drug-likeness (QED) is 0.668. The van der Waals surface area contributed by atoms with Crippen molar-refractivity contribution < 1.29 is 9.59 Å². The second kappa shape index (κ2) is 3.97. The van der Waals surface area contributed by atoms with E-state index in [0.717, 1.165) is 25.2 Å². The van der Waals surface area contributed by atoms with E-state index in [1.54, 1.807) is 0 Å². The van der Waals surface area contributed by atoms with Crippen LogP contribution in [0.15, 0.2) is 23.8 Å². The van der Waals surface area contributed by atoms with Crippen molar-refractivity contribution in [2.24, 2.45) is 39.9 Å². The fourth-order valence-electron chi connectivity index (χ4n) is 8.70. The molecular weight excluding hydrogens is 296 g/mol. The third kappa shape index (κ3) is 1.25. The van der Waals surface area contributed by atoms with E-state index >= 15 is 0 Å². The highest BCUT2D eigenvalue weighted by Crippen LogP contribution is 2.89. The fraction of sp³-hybridized carbons (Fsp3) is 0.727. The lowest BCUT2D eigenvalue weighted by Crippen LogP contribution is -2.47. The summed E-state index contributed by atoms with van der Waals surface area (Å²) in [4.78, 5) is 24.4. The molecule has 0 heterocycles. The van der Waals surface area contributed by atoms with Gasteiger partial charge < -0.3 is 0 Å². The molecule has 2 nitrogen and oxygen atoms in total. The third-order valence-corrected chi connectivity index (χ3v) is 9.60. The molecule has 2 spiro atoms. The van der Waals surface area contributed by atoms with Crippen molar-refractivity contribution in [1.29, 1.82) is 0 Å². The fourth-order valence-corrected chi connectivity index (χ4v) is 8.70. The summed E-state index contributed by atoms with van der Waals surface area (Å²) in [7, 11) is 0. The lowest BCUT2D eigenvalue weighted by molar-refractivity contribution is -0.122. The summed E-state index contributed by atoms with van der Waals surface area (Å²) in [6, 6.07) is 0. The van der Waals surface area contributed by atoms with Gasteiger partial charge in [0.15, 0.2) is 5.78 Å². The molecule has 0 saturated heterocycles. The van der Waals surface area contributed by atoms with Gasteiger partial charge in [-0.2, -0.15) is 0 Å². The summed E-state index contributed by atoms with van der Waals surface area (Å²) in [6.07, 6.45) is 15.6. The van der Waals surface area contributed by atoms with Crippen LogP contribution in [0.3, 0.4) is 0 Å². The molecule has 0 radical (unpaired) electrons. The van der Waals surface area contributed by atoms with Crippen LogP contribution in [0.1, 0.15) is 58.3 Å². The summed E-state index contributed by atoms with van der Waals surface area (Å²) in [6.45, 7) is 2.41. The first-order valence-corrected chi connectivity index (χ1v) is 9.99. The summed E-state index contributed by atoms with van der Waals surface area (Å²) in [5.74, 6) is 3.39. The van der Waals surface area contributed by atoms with Crippen molar-refractivity contribution in [3.8, 4) is 0 Å². The molecule has 6 aliphatic rings. The van der Waals surface area contributed by atoms with Crippen molar-refractivity contribution in [3.05, 3.63) is 23.8 Å². The minimum atomic E-state index is 0.193. The van der Waals surface area contributed by atoms with E-state index in [4.69, 9.17) is 0 Å². The third-order valence-electron chi connectivity index (χ3n) is 9.60. The van der Waals surface area contributed by atoms with E-state index in [0.29, 0.717) is 40.2 Å². The van der Waals surface area contributed by atoms with Gasteiger partial charge in [0.05, 0.1) is 0 Å². The van der Waals surface area contributed by atoms with Crippen molar-refractivity contribution in [3.63, 3.8) is 0 Å². The first-order chi connectivity index (χ1) is 11.5. The number of allylic oxidation sites excluding steroid dienone is 4. The summed E-state index contributed by atoms with van der Waals surface area (Å²) < 4.78 is 0. The molecule has 0 bridgehead atoms. The number of fused-ring (bicyclic) bond motifs is 4. The van der Waals surface area contributed by atoms with Gasteiger partial charge in [0.2, 0.25) is 0 Å². The minimum Gasteiger partial charge on any atom is -0.299 e.